The first-order chi connectivity index (χ1) is 9.43. The summed E-state index contributed by atoms with van der Waals surface area (Å²) in [5.41, 5.74) is 0. The monoisotopic (exact) mass is 301 g/mol. The SMILES string of the molecule is CCC(c1ccco1)N(CC(=O)O)C1CCS(=O)(=O)C1. The van der Waals surface area contributed by atoms with Crippen LogP contribution in [0.4, 0.5) is 0 Å². The van der Waals surface area contributed by atoms with Crippen molar-refractivity contribution in [3.8, 4) is 0 Å². The fourth-order valence-corrected chi connectivity index (χ4v) is 4.51. The van der Waals surface area contributed by atoms with Gasteiger partial charge in [0.25, 0.3) is 0 Å². The van der Waals surface area contributed by atoms with Crippen molar-refractivity contribution < 1.29 is 22.7 Å². The van der Waals surface area contributed by atoms with E-state index in [9.17, 15) is 13.2 Å². The van der Waals surface area contributed by atoms with Crippen molar-refractivity contribution in [2.24, 2.45) is 0 Å². The lowest BCUT2D eigenvalue weighted by Crippen LogP contribution is -2.42. The summed E-state index contributed by atoms with van der Waals surface area (Å²) in [6.45, 7) is 1.75. The van der Waals surface area contributed by atoms with E-state index >= 15 is 0 Å². The number of aliphatic carboxylic acids is 1. The van der Waals surface area contributed by atoms with Crippen LogP contribution in [0.2, 0.25) is 0 Å². The summed E-state index contributed by atoms with van der Waals surface area (Å²) in [6.07, 6.45) is 2.69. The largest absolute Gasteiger partial charge is 0.480 e. The molecule has 0 radical (unpaired) electrons. The van der Waals surface area contributed by atoms with E-state index in [0.717, 1.165) is 0 Å². The molecule has 2 atom stereocenters. The smallest absolute Gasteiger partial charge is 0.317 e. The Labute approximate surface area is 118 Å². The third-order valence-corrected chi connectivity index (χ3v) is 5.40. The topological polar surface area (TPSA) is 87.8 Å². The van der Waals surface area contributed by atoms with Crippen molar-refractivity contribution in [1.29, 1.82) is 0 Å². The quantitative estimate of drug-likeness (QED) is 0.852. The van der Waals surface area contributed by atoms with Gasteiger partial charge in [0.15, 0.2) is 9.84 Å². The van der Waals surface area contributed by atoms with Crippen molar-refractivity contribution >= 4 is 15.8 Å². The number of hydrogen-bond donors (Lipinski definition) is 1. The standard InChI is InChI=1S/C13H19NO5S/c1-2-11(12-4-3-6-19-12)14(8-13(15)16)10-5-7-20(17,18)9-10/h3-4,6,10-11H,2,5,7-9H2,1H3,(H,15,16). The number of carbonyl (C=O) groups is 1. The summed E-state index contributed by atoms with van der Waals surface area (Å²) in [6, 6.07) is 3.08. The van der Waals surface area contributed by atoms with Crippen LogP contribution < -0.4 is 0 Å². The van der Waals surface area contributed by atoms with Gasteiger partial charge in [-0.2, -0.15) is 0 Å². The first-order valence-electron chi connectivity index (χ1n) is 6.64. The number of hydrogen-bond acceptors (Lipinski definition) is 5. The van der Waals surface area contributed by atoms with Gasteiger partial charge in [0, 0.05) is 6.04 Å². The first kappa shape index (κ1) is 15.1. The zero-order valence-corrected chi connectivity index (χ0v) is 12.2. The zero-order valence-electron chi connectivity index (χ0n) is 11.4. The van der Waals surface area contributed by atoms with Gasteiger partial charge >= 0.3 is 5.97 Å². The molecule has 0 saturated carbocycles. The van der Waals surface area contributed by atoms with E-state index < -0.39 is 15.8 Å². The van der Waals surface area contributed by atoms with Gasteiger partial charge in [-0.15, -0.1) is 0 Å². The number of carboxylic acid groups (broad SMARTS) is 1. The fourth-order valence-electron chi connectivity index (χ4n) is 2.77. The molecule has 0 spiro atoms. The van der Waals surface area contributed by atoms with Crippen LogP contribution in [0.25, 0.3) is 0 Å². The van der Waals surface area contributed by atoms with Gasteiger partial charge in [-0.05, 0) is 25.0 Å². The van der Waals surface area contributed by atoms with Gasteiger partial charge in [0.1, 0.15) is 5.76 Å². The van der Waals surface area contributed by atoms with E-state index in [-0.39, 0.29) is 30.1 Å². The second-order valence-corrected chi connectivity index (χ2v) is 7.29. The van der Waals surface area contributed by atoms with Gasteiger partial charge in [-0.25, -0.2) is 8.42 Å². The zero-order chi connectivity index (χ0) is 14.8. The molecule has 0 amide bonds. The molecule has 1 aliphatic rings. The summed E-state index contributed by atoms with van der Waals surface area (Å²) < 4.78 is 28.6. The Bertz CT molecular complexity index is 551. The molecule has 1 saturated heterocycles. The molecule has 20 heavy (non-hydrogen) atoms. The average molecular weight is 301 g/mol. The van der Waals surface area contributed by atoms with E-state index in [0.29, 0.717) is 18.6 Å². The van der Waals surface area contributed by atoms with Crippen molar-refractivity contribution in [1.82, 2.24) is 4.90 Å². The summed E-state index contributed by atoms with van der Waals surface area (Å²) in [5, 5.41) is 9.09. The molecule has 7 heteroatoms. The highest BCUT2D eigenvalue weighted by molar-refractivity contribution is 7.91. The Morgan fingerprint density at radius 1 is 1.60 bits per heavy atom. The van der Waals surface area contributed by atoms with Gasteiger partial charge < -0.3 is 9.52 Å². The van der Waals surface area contributed by atoms with Gasteiger partial charge in [0.05, 0.1) is 30.4 Å². The lowest BCUT2D eigenvalue weighted by atomic mass is 10.1. The molecule has 1 aromatic heterocycles. The summed E-state index contributed by atoms with van der Waals surface area (Å²) in [4.78, 5) is 12.8. The second kappa shape index (κ2) is 5.97. The fraction of sp³-hybridized carbons (Fsp3) is 0.615. The van der Waals surface area contributed by atoms with Crippen LogP contribution >= 0.6 is 0 Å². The molecule has 2 unspecified atom stereocenters. The average Bonchev–Trinajstić information content (AvgIpc) is 2.98. The Morgan fingerprint density at radius 2 is 2.35 bits per heavy atom. The van der Waals surface area contributed by atoms with E-state index in [1.165, 1.54) is 0 Å². The van der Waals surface area contributed by atoms with Crippen LogP contribution in [0.3, 0.4) is 0 Å². The maximum atomic E-state index is 11.6. The molecule has 2 rings (SSSR count). The van der Waals surface area contributed by atoms with E-state index in [2.05, 4.69) is 0 Å². The normalized spacial score (nSPS) is 23.0. The number of sulfone groups is 1. The maximum absolute atomic E-state index is 11.6. The minimum Gasteiger partial charge on any atom is -0.480 e. The lowest BCUT2D eigenvalue weighted by molar-refractivity contribution is -0.139. The number of carboxylic acids is 1. The van der Waals surface area contributed by atoms with Crippen LogP contribution in [-0.2, 0) is 14.6 Å². The maximum Gasteiger partial charge on any atom is 0.317 e. The van der Waals surface area contributed by atoms with Crippen LogP contribution in [-0.4, -0.2) is 48.5 Å². The van der Waals surface area contributed by atoms with E-state index in [1.807, 2.05) is 6.92 Å². The number of nitrogens with zero attached hydrogens (tertiary/aromatic N) is 1. The molecule has 0 aromatic carbocycles. The minimum absolute atomic E-state index is 0.0253. The Hall–Kier alpha value is -1.34. The van der Waals surface area contributed by atoms with Crippen LogP contribution in [0.15, 0.2) is 22.8 Å². The molecule has 1 aromatic rings. The Morgan fingerprint density at radius 3 is 2.80 bits per heavy atom. The number of rotatable bonds is 6. The molecule has 1 aliphatic heterocycles. The van der Waals surface area contributed by atoms with Crippen molar-refractivity contribution in [2.75, 3.05) is 18.1 Å². The Balaban J connectivity index is 2.24. The second-order valence-electron chi connectivity index (χ2n) is 5.06. The summed E-state index contributed by atoms with van der Waals surface area (Å²) in [7, 11) is -3.05. The first-order valence-corrected chi connectivity index (χ1v) is 8.46. The molecule has 1 fully saturated rings. The highest BCUT2D eigenvalue weighted by atomic mass is 32.2. The highest BCUT2D eigenvalue weighted by Gasteiger charge is 2.37. The van der Waals surface area contributed by atoms with Crippen molar-refractivity contribution in [3.63, 3.8) is 0 Å². The van der Waals surface area contributed by atoms with Crippen LogP contribution in [0.1, 0.15) is 31.6 Å². The predicted molar refractivity (Wildman–Crippen MR) is 73.1 cm³/mol. The third-order valence-electron chi connectivity index (χ3n) is 3.65. The van der Waals surface area contributed by atoms with E-state index in [1.54, 1.807) is 23.3 Å². The third kappa shape index (κ3) is 3.40. The molecule has 6 nitrogen and oxygen atoms in total. The molecule has 112 valence electrons. The molecule has 0 aliphatic carbocycles. The lowest BCUT2D eigenvalue weighted by Gasteiger charge is -2.32. The highest BCUT2D eigenvalue weighted by Crippen LogP contribution is 2.30. The van der Waals surface area contributed by atoms with Gasteiger partial charge in [-0.1, -0.05) is 6.92 Å². The van der Waals surface area contributed by atoms with E-state index in [4.69, 9.17) is 9.52 Å². The minimum atomic E-state index is -3.05. The van der Waals surface area contributed by atoms with Gasteiger partial charge in [0.2, 0.25) is 0 Å². The molecular formula is C13H19NO5S. The van der Waals surface area contributed by atoms with Crippen LogP contribution in [0, 0.1) is 0 Å². The van der Waals surface area contributed by atoms with Crippen molar-refractivity contribution in [3.05, 3.63) is 24.2 Å². The molecular weight excluding hydrogens is 282 g/mol. The number of furan rings is 1. The van der Waals surface area contributed by atoms with Crippen molar-refractivity contribution in [2.45, 2.75) is 31.8 Å². The van der Waals surface area contributed by atoms with Crippen LogP contribution in [0.5, 0.6) is 0 Å². The molecule has 2 heterocycles. The molecule has 0 bridgehead atoms. The van der Waals surface area contributed by atoms with Gasteiger partial charge in [-0.3, -0.25) is 9.69 Å². The summed E-state index contributed by atoms with van der Waals surface area (Å²) in [5.74, 6) is -0.128. The Kier molecular flexibility index (Phi) is 4.49. The predicted octanol–water partition coefficient (Wildman–Crippen LogP) is 1.30. The molecule has 1 N–H and O–H groups in total. The summed E-state index contributed by atoms with van der Waals surface area (Å²) >= 11 is 0.